The van der Waals surface area contributed by atoms with E-state index in [2.05, 4.69) is 9.88 Å². The number of hydrogen-bond acceptors (Lipinski definition) is 4. The first-order valence-corrected chi connectivity index (χ1v) is 10.8. The molecule has 1 aliphatic heterocycles. The second-order valence-corrected chi connectivity index (χ2v) is 8.95. The predicted octanol–water partition coefficient (Wildman–Crippen LogP) is 4.42. The molecule has 1 aromatic heterocycles. The van der Waals surface area contributed by atoms with Crippen molar-refractivity contribution in [3.05, 3.63) is 79.5 Å². The van der Waals surface area contributed by atoms with Gasteiger partial charge in [0.25, 0.3) is 0 Å². The monoisotopic (exact) mass is 432 g/mol. The zero-order chi connectivity index (χ0) is 20.4. The molecular formula is C22H22ClFN2O2S. The van der Waals surface area contributed by atoms with Crippen LogP contribution in [0.5, 0.6) is 0 Å². The zero-order valence-corrected chi connectivity index (χ0v) is 17.4. The standard InChI is InChI=1S/C22H22ClFN2O2S/c23-17-5-3-16(4-6-17)22(28)10-13-26(14-11-22)12-9-19-20(25-21(27)29-19)15-1-7-18(24)8-2-15/h1-8,28H,9-14H2,(H,25,27). The van der Waals surface area contributed by atoms with Crippen molar-refractivity contribution in [2.45, 2.75) is 24.9 Å². The van der Waals surface area contributed by atoms with Crippen LogP contribution in [0.4, 0.5) is 4.39 Å². The molecule has 4 rings (SSSR count). The van der Waals surface area contributed by atoms with Gasteiger partial charge in [-0.1, -0.05) is 35.1 Å². The quantitative estimate of drug-likeness (QED) is 0.627. The van der Waals surface area contributed by atoms with Gasteiger partial charge in [-0.3, -0.25) is 4.79 Å². The van der Waals surface area contributed by atoms with Crippen LogP contribution in [-0.4, -0.2) is 34.6 Å². The number of halogens is 2. The van der Waals surface area contributed by atoms with E-state index >= 15 is 0 Å². The van der Waals surface area contributed by atoms with E-state index in [0.717, 1.165) is 47.8 Å². The summed E-state index contributed by atoms with van der Waals surface area (Å²) < 4.78 is 13.2. The van der Waals surface area contributed by atoms with Gasteiger partial charge in [0.15, 0.2) is 0 Å². The van der Waals surface area contributed by atoms with Crippen LogP contribution in [0, 0.1) is 5.82 Å². The molecule has 3 aromatic rings. The summed E-state index contributed by atoms with van der Waals surface area (Å²) in [5.41, 5.74) is 1.67. The SMILES string of the molecule is O=c1[nH]c(-c2ccc(F)cc2)c(CCN2CCC(O)(c3ccc(Cl)cc3)CC2)s1. The summed E-state index contributed by atoms with van der Waals surface area (Å²) >= 11 is 7.16. The van der Waals surface area contributed by atoms with Crippen molar-refractivity contribution in [2.75, 3.05) is 19.6 Å². The van der Waals surface area contributed by atoms with Gasteiger partial charge >= 0.3 is 4.87 Å². The Bertz CT molecular complexity index is 1020. The first-order valence-electron chi connectivity index (χ1n) is 9.62. The molecule has 1 aliphatic rings. The smallest absolute Gasteiger partial charge is 0.305 e. The topological polar surface area (TPSA) is 56.3 Å². The van der Waals surface area contributed by atoms with Crippen LogP contribution in [0.1, 0.15) is 23.3 Å². The largest absolute Gasteiger partial charge is 0.385 e. The second-order valence-electron chi connectivity index (χ2n) is 7.45. The molecule has 152 valence electrons. The molecule has 0 bridgehead atoms. The average molecular weight is 433 g/mol. The third-order valence-corrected chi connectivity index (χ3v) is 6.77. The van der Waals surface area contributed by atoms with Gasteiger partial charge in [-0.25, -0.2) is 4.39 Å². The van der Waals surface area contributed by atoms with Gasteiger partial charge < -0.3 is 15.0 Å². The van der Waals surface area contributed by atoms with Crippen molar-refractivity contribution in [2.24, 2.45) is 0 Å². The van der Waals surface area contributed by atoms with E-state index in [4.69, 9.17) is 11.6 Å². The number of rotatable bonds is 5. The first kappa shape index (κ1) is 20.3. The lowest BCUT2D eigenvalue weighted by atomic mass is 9.84. The van der Waals surface area contributed by atoms with Gasteiger partial charge in [0, 0.05) is 29.5 Å². The van der Waals surface area contributed by atoms with E-state index in [1.165, 1.54) is 23.5 Å². The molecule has 0 aliphatic carbocycles. The molecule has 29 heavy (non-hydrogen) atoms. The number of likely N-dealkylation sites (tertiary alicyclic amines) is 1. The molecule has 2 aromatic carbocycles. The summed E-state index contributed by atoms with van der Waals surface area (Å²) in [6, 6.07) is 13.6. The lowest BCUT2D eigenvalue weighted by Gasteiger charge is -2.38. The summed E-state index contributed by atoms with van der Waals surface area (Å²) in [4.78, 5) is 18.0. The van der Waals surface area contributed by atoms with E-state index < -0.39 is 5.60 Å². The molecule has 4 nitrogen and oxygen atoms in total. The van der Waals surface area contributed by atoms with Crippen LogP contribution in [0.3, 0.4) is 0 Å². The van der Waals surface area contributed by atoms with Crippen molar-refractivity contribution >= 4 is 22.9 Å². The fraction of sp³-hybridized carbons (Fsp3) is 0.318. The van der Waals surface area contributed by atoms with Gasteiger partial charge in [0.1, 0.15) is 5.82 Å². The van der Waals surface area contributed by atoms with Gasteiger partial charge in [-0.2, -0.15) is 0 Å². The number of piperidine rings is 1. The summed E-state index contributed by atoms with van der Waals surface area (Å²) in [5, 5.41) is 11.7. The summed E-state index contributed by atoms with van der Waals surface area (Å²) in [7, 11) is 0. The second kappa shape index (κ2) is 8.40. The van der Waals surface area contributed by atoms with E-state index in [9.17, 15) is 14.3 Å². The molecular weight excluding hydrogens is 411 g/mol. The third kappa shape index (κ3) is 4.61. The number of thiazole rings is 1. The maximum Gasteiger partial charge on any atom is 0.305 e. The summed E-state index contributed by atoms with van der Waals surface area (Å²) in [5.74, 6) is -0.297. The lowest BCUT2D eigenvalue weighted by molar-refractivity contribution is -0.0255. The number of H-pyrrole nitrogens is 1. The molecule has 0 saturated carbocycles. The Labute approximate surface area is 177 Å². The van der Waals surface area contributed by atoms with E-state index in [1.807, 2.05) is 24.3 Å². The van der Waals surface area contributed by atoms with E-state index in [0.29, 0.717) is 17.9 Å². The Morgan fingerprint density at radius 2 is 1.76 bits per heavy atom. The van der Waals surface area contributed by atoms with Crippen LogP contribution in [-0.2, 0) is 12.0 Å². The zero-order valence-electron chi connectivity index (χ0n) is 15.8. The molecule has 0 amide bonds. The number of aliphatic hydroxyl groups is 1. The van der Waals surface area contributed by atoms with Gasteiger partial charge in [0.2, 0.25) is 0 Å². The average Bonchev–Trinajstić information content (AvgIpc) is 3.09. The molecule has 0 radical (unpaired) electrons. The number of nitrogens with one attached hydrogen (secondary N) is 1. The molecule has 0 unspecified atom stereocenters. The van der Waals surface area contributed by atoms with Gasteiger partial charge in [-0.05, 0) is 66.8 Å². The third-order valence-electron chi connectivity index (χ3n) is 5.57. The number of benzene rings is 2. The van der Waals surface area contributed by atoms with Crippen molar-refractivity contribution in [3.63, 3.8) is 0 Å². The van der Waals surface area contributed by atoms with Gasteiger partial charge in [-0.15, -0.1) is 0 Å². The number of aromatic amines is 1. The minimum absolute atomic E-state index is 0.102. The van der Waals surface area contributed by atoms with Crippen LogP contribution < -0.4 is 4.87 Å². The Morgan fingerprint density at radius 1 is 1.10 bits per heavy atom. The van der Waals surface area contributed by atoms with Crippen LogP contribution in [0.25, 0.3) is 11.3 Å². The van der Waals surface area contributed by atoms with Crippen LogP contribution >= 0.6 is 22.9 Å². The molecule has 2 N–H and O–H groups in total. The first-order chi connectivity index (χ1) is 13.9. The molecule has 7 heteroatoms. The highest BCUT2D eigenvalue weighted by Gasteiger charge is 2.33. The van der Waals surface area contributed by atoms with E-state index in [-0.39, 0.29) is 10.7 Å². The fourth-order valence-electron chi connectivity index (χ4n) is 3.84. The van der Waals surface area contributed by atoms with E-state index in [1.54, 1.807) is 12.1 Å². The highest BCUT2D eigenvalue weighted by Crippen LogP contribution is 2.33. The predicted molar refractivity (Wildman–Crippen MR) is 115 cm³/mol. The summed E-state index contributed by atoms with van der Waals surface area (Å²) in [6.07, 6.45) is 2.04. The van der Waals surface area contributed by atoms with Crippen LogP contribution in [0.15, 0.2) is 53.3 Å². The maximum atomic E-state index is 13.2. The van der Waals surface area contributed by atoms with Gasteiger partial charge in [0.05, 0.1) is 11.3 Å². The van der Waals surface area contributed by atoms with Crippen molar-refractivity contribution in [1.29, 1.82) is 0 Å². The number of hydrogen-bond donors (Lipinski definition) is 2. The van der Waals surface area contributed by atoms with Crippen LogP contribution in [0.2, 0.25) is 5.02 Å². The Morgan fingerprint density at radius 3 is 2.41 bits per heavy atom. The molecule has 1 fully saturated rings. The highest BCUT2D eigenvalue weighted by atomic mass is 35.5. The molecule has 0 atom stereocenters. The Hall–Kier alpha value is -1.99. The molecule has 2 heterocycles. The Balaban J connectivity index is 1.39. The molecule has 1 saturated heterocycles. The van der Waals surface area contributed by atoms with Crippen molar-refractivity contribution in [3.8, 4) is 11.3 Å². The maximum absolute atomic E-state index is 13.2. The van der Waals surface area contributed by atoms with Crippen molar-refractivity contribution < 1.29 is 9.50 Å². The minimum atomic E-state index is -0.820. The lowest BCUT2D eigenvalue weighted by Crippen LogP contribution is -2.43. The Kier molecular flexibility index (Phi) is 5.88. The number of nitrogens with zero attached hydrogens (tertiary/aromatic N) is 1. The normalized spacial score (nSPS) is 16.8. The fourth-order valence-corrected chi connectivity index (χ4v) is 4.81. The minimum Gasteiger partial charge on any atom is -0.385 e. The van der Waals surface area contributed by atoms with Crippen molar-refractivity contribution in [1.82, 2.24) is 9.88 Å². The highest BCUT2D eigenvalue weighted by molar-refractivity contribution is 7.09. The molecule has 0 spiro atoms. The number of aromatic nitrogens is 1. The summed E-state index contributed by atoms with van der Waals surface area (Å²) in [6.45, 7) is 2.37.